The highest BCUT2D eigenvalue weighted by atomic mass is 16.3. The fraction of sp³-hybridized carbons (Fsp3) is 0.455. The summed E-state index contributed by atoms with van der Waals surface area (Å²) in [6.07, 6.45) is 4.91. The van der Waals surface area contributed by atoms with Gasteiger partial charge in [0.25, 0.3) is 11.8 Å². The number of benzene rings is 3. The largest absolute Gasteiger partial charge is 0.390 e. The number of aliphatic hydroxyl groups excluding tert-OH is 1. The number of aryl methyl sites for hydroxylation is 1. The Morgan fingerprint density at radius 3 is 2.42 bits per heavy atom. The van der Waals surface area contributed by atoms with E-state index in [9.17, 15) is 19.5 Å². The van der Waals surface area contributed by atoms with Crippen molar-refractivity contribution in [2.75, 3.05) is 20.1 Å². The van der Waals surface area contributed by atoms with Gasteiger partial charge in [0.2, 0.25) is 5.91 Å². The smallest absolute Gasteiger partial charge is 0.253 e. The zero-order valence-electron chi connectivity index (χ0n) is 31.8. The summed E-state index contributed by atoms with van der Waals surface area (Å²) in [5.41, 5.74) is 3.75. The minimum absolute atomic E-state index is 0.00385. The maximum absolute atomic E-state index is 14.1. The highest BCUT2D eigenvalue weighted by molar-refractivity contribution is 6.00. The number of amides is 3. The molecule has 1 aromatic heterocycles. The van der Waals surface area contributed by atoms with Crippen molar-refractivity contribution in [3.8, 4) is 0 Å². The number of nitrogens with one attached hydrogen (secondary N) is 2. The lowest BCUT2D eigenvalue weighted by Crippen LogP contribution is -2.60. The SMILES string of the molecule is Cc1ccc(C(=O)N(C)Cc2ccc3ccccc3n2)cc1C(=O)N[C@@H](Cc1ccccc1)[C@@H](O)CN1C[C@H]2CCCC[C@H]2C[C@H]1C(=O)NC(C)(C)C. The highest BCUT2D eigenvalue weighted by Crippen LogP contribution is 2.39. The Bertz CT molecular complexity index is 1910. The second-order valence-electron chi connectivity index (χ2n) is 16.3. The van der Waals surface area contributed by atoms with Gasteiger partial charge in [0.05, 0.1) is 35.9 Å². The lowest BCUT2D eigenvalue weighted by atomic mass is 9.72. The van der Waals surface area contributed by atoms with Gasteiger partial charge in [-0.2, -0.15) is 0 Å². The molecule has 1 aliphatic heterocycles. The summed E-state index contributed by atoms with van der Waals surface area (Å²) in [4.78, 5) is 49.9. The molecule has 9 heteroatoms. The van der Waals surface area contributed by atoms with Crippen LogP contribution < -0.4 is 10.6 Å². The number of fused-ring (bicyclic) bond motifs is 2. The lowest BCUT2D eigenvalue weighted by molar-refractivity contribution is -0.132. The molecule has 3 N–H and O–H groups in total. The molecule has 3 amide bonds. The molecule has 3 aromatic carbocycles. The number of β-amino-alcohol motifs (C(OH)–C–C–N with tert-alkyl or cyclic N) is 1. The third kappa shape index (κ3) is 9.69. The van der Waals surface area contributed by atoms with Gasteiger partial charge in [0, 0.05) is 42.2 Å². The van der Waals surface area contributed by atoms with Gasteiger partial charge in [-0.05, 0) is 94.2 Å². The molecular formula is C44H55N5O4. The predicted octanol–water partition coefficient (Wildman–Crippen LogP) is 6.31. The minimum atomic E-state index is -0.949. The summed E-state index contributed by atoms with van der Waals surface area (Å²) in [6.45, 7) is 9.15. The number of para-hydroxylation sites is 1. The maximum Gasteiger partial charge on any atom is 0.253 e. The number of hydrogen-bond donors (Lipinski definition) is 3. The molecule has 2 aliphatic rings. The second-order valence-corrected chi connectivity index (χ2v) is 16.3. The molecule has 1 aliphatic carbocycles. The molecule has 9 nitrogen and oxygen atoms in total. The molecule has 4 aromatic rings. The molecule has 1 saturated carbocycles. The fourth-order valence-electron chi connectivity index (χ4n) is 8.12. The van der Waals surface area contributed by atoms with Gasteiger partial charge in [-0.1, -0.05) is 79.9 Å². The topological polar surface area (TPSA) is 115 Å². The summed E-state index contributed by atoms with van der Waals surface area (Å²) in [5.74, 6) is 0.420. The average molecular weight is 718 g/mol. The fourth-order valence-corrected chi connectivity index (χ4v) is 8.12. The zero-order chi connectivity index (χ0) is 37.7. The summed E-state index contributed by atoms with van der Waals surface area (Å²) in [6, 6.07) is 25.8. The molecule has 0 bridgehead atoms. The molecule has 2 fully saturated rings. The van der Waals surface area contributed by atoms with Gasteiger partial charge < -0.3 is 20.6 Å². The Labute approximate surface area is 314 Å². The van der Waals surface area contributed by atoms with Crippen molar-refractivity contribution in [3.05, 3.63) is 113 Å². The van der Waals surface area contributed by atoms with Gasteiger partial charge in [0.1, 0.15) is 0 Å². The molecule has 5 atom stereocenters. The number of piperidine rings is 1. The Kier molecular flexibility index (Phi) is 11.9. The van der Waals surface area contributed by atoms with Crippen molar-refractivity contribution >= 4 is 28.6 Å². The number of carbonyl (C=O) groups excluding carboxylic acids is 3. The number of carbonyl (C=O) groups is 3. The molecule has 0 spiro atoms. The van der Waals surface area contributed by atoms with Crippen molar-refractivity contribution in [1.82, 2.24) is 25.4 Å². The van der Waals surface area contributed by atoms with E-state index in [1.54, 1.807) is 30.1 Å². The molecule has 53 heavy (non-hydrogen) atoms. The van der Waals surface area contributed by atoms with Crippen molar-refractivity contribution in [2.45, 2.75) is 96.5 Å². The van der Waals surface area contributed by atoms with Crippen molar-refractivity contribution < 1.29 is 19.5 Å². The van der Waals surface area contributed by atoms with E-state index in [1.165, 1.54) is 12.8 Å². The first-order valence-electron chi connectivity index (χ1n) is 19.1. The molecule has 6 rings (SSSR count). The van der Waals surface area contributed by atoms with E-state index in [1.807, 2.05) is 94.4 Å². The third-order valence-corrected chi connectivity index (χ3v) is 10.9. The molecule has 280 valence electrons. The van der Waals surface area contributed by atoms with Crippen LogP contribution in [0.1, 0.15) is 90.4 Å². The molecular weight excluding hydrogens is 663 g/mol. The quantitative estimate of drug-likeness (QED) is 0.168. The summed E-state index contributed by atoms with van der Waals surface area (Å²) in [7, 11) is 1.73. The number of rotatable bonds is 11. The van der Waals surface area contributed by atoms with Crippen LogP contribution in [0.25, 0.3) is 10.9 Å². The van der Waals surface area contributed by atoms with Crippen molar-refractivity contribution in [1.29, 1.82) is 0 Å². The van der Waals surface area contributed by atoms with E-state index in [4.69, 9.17) is 4.98 Å². The second kappa shape index (κ2) is 16.6. The van der Waals surface area contributed by atoms with E-state index < -0.39 is 12.1 Å². The molecule has 1 saturated heterocycles. The van der Waals surface area contributed by atoms with E-state index in [-0.39, 0.29) is 35.8 Å². The Balaban J connectivity index is 1.20. The minimum Gasteiger partial charge on any atom is -0.390 e. The Morgan fingerprint density at radius 1 is 0.943 bits per heavy atom. The van der Waals surface area contributed by atoms with Crippen molar-refractivity contribution in [2.24, 2.45) is 11.8 Å². The van der Waals surface area contributed by atoms with Crippen LogP contribution in [-0.4, -0.2) is 81.5 Å². The van der Waals surface area contributed by atoms with Crippen LogP contribution in [0.5, 0.6) is 0 Å². The monoisotopic (exact) mass is 717 g/mol. The first-order valence-corrected chi connectivity index (χ1v) is 19.1. The van der Waals surface area contributed by atoms with E-state index >= 15 is 0 Å². The molecule has 0 radical (unpaired) electrons. The Morgan fingerprint density at radius 2 is 1.66 bits per heavy atom. The first kappa shape index (κ1) is 38.1. The van der Waals surface area contributed by atoms with Gasteiger partial charge in [0.15, 0.2) is 0 Å². The molecule has 0 unspecified atom stereocenters. The van der Waals surface area contributed by atoms with Crippen LogP contribution >= 0.6 is 0 Å². The zero-order valence-corrected chi connectivity index (χ0v) is 31.8. The number of likely N-dealkylation sites (tertiary alicyclic amines) is 1. The van der Waals surface area contributed by atoms with E-state index in [2.05, 4.69) is 15.5 Å². The van der Waals surface area contributed by atoms with Gasteiger partial charge in [-0.3, -0.25) is 24.3 Å². The van der Waals surface area contributed by atoms with Crippen LogP contribution in [0, 0.1) is 18.8 Å². The Hall–Kier alpha value is -4.60. The summed E-state index contributed by atoms with van der Waals surface area (Å²) < 4.78 is 0. The van der Waals surface area contributed by atoms with Gasteiger partial charge in [-0.15, -0.1) is 0 Å². The normalized spacial score (nSPS) is 20.2. The number of aromatic nitrogens is 1. The van der Waals surface area contributed by atoms with Crippen LogP contribution in [-0.2, 0) is 17.8 Å². The standard InChI is InChI=1S/C44H55N5O4/c1-29-19-20-33(43(53)48(5)27-35-22-21-31-15-11-12-18-37(31)45-35)24-36(29)41(51)46-38(23-30-13-7-6-8-14-30)40(50)28-49-26-34-17-10-9-16-32(34)25-39(49)42(52)47-44(2,3)4/h6-8,11-15,18-22,24,32,34,38-40,50H,9-10,16-17,23,25-28H2,1-5H3,(H,46,51)(H,47,52)/t32-,34+,38-,39-,40-/m0/s1. The number of aliphatic hydroxyl groups is 1. The van der Waals surface area contributed by atoms with E-state index in [0.717, 1.165) is 53.5 Å². The average Bonchev–Trinajstić information content (AvgIpc) is 3.13. The first-order chi connectivity index (χ1) is 25.3. The molecule has 2 heterocycles. The highest BCUT2D eigenvalue weighted by Gasteiger charge is 2.42. The predicted molar refractivity (Wildman–Crippen MR) is 209 cm³/mol. The van der Waals surface area contributed by atoms with Crippen molar-refractivity contribution in [3.63, 3.8) is 0 Å². The number of pyridine rings is 1. The summed E-state index contributed by atoms with van der Waals surface area (Å²) in [5, 5.41) is 19.4. The van der Waals surface area contributed by atoms with Gasteiger partial charge >= 0.3 is 0 Å². The van der Waals surface area contributed by atoms with Crippen LogP contribution in [0.2, 0.25) is 0 Å². The van der Waals surface area contributed by atoms with Crippen LogP contribution in [0.3, 0.4) is 0 Å². The van der Waals surface area contributed by atoms with Gasteiger partial charge in [-0.25, -0.2) is 0 Å². The van der Waals surface area contributed by atoms with Crippen LogP contribution in [0.15, 0.2) is 84.9 Å². The number of hydrogen-bond acceptors (Lipinski definition) is 6. The maximum atomic E-state index is 14.1. The number of nitrogens with zero attached hydrogens (tertiary/aromatic N) is 3. The lowest BCUT2D eigenvalue weighted by Gasteiger charge is -2.47. The van der Waals surface area contributed by atoms with Crippen LogP contribution in [0.4, 0.5) is 0 Å². The van der Waals surface area contributed by atoms with E-state index in [0.29, 0.717) is 35.9 Å². The summed E-state index contributed by atoms with van der Waals surface area (Å²) >= 11 is 0. The third-order valence-electron chi connectivity index (χ3n) is 10.9.